The van der Waals surface area contributed by atoms with Gasteiger partial charge in [-0.05, 0) is 35.4 Å². The molecule has 3 rings (SSSR count). The van der Waals surface area contributed by atoms with Gasteiger partial charge >= 0.3 is 6.18 Å². The van der Waals surface area contributed by atoms with Crippen LogP contribution in [-0.4, -0.2) is 54.6 Å². The molecule has 9 heteroatoms. The van der Waals surface area contributed by atoms with Crippen molar-refractivity contribution >= 4 is 23.7 Å². The highest BCUT2D eigenvalue weighted by Crippen LogP contribution is 2.28. The smallest absolute Gasteiger partial charge is 0.297 e. The van der Waals surface area contributed by atoms with Crippen molar-refractivity contribution in [2.45, 2.75) is 12.7 Å². The average Bonchev–Trinajstić information content (AvgIpc) is 2.71. The van der Waals surface area contributed by atoms with Crippen molar-refractivity contribution in [1.29, 1.82) is 0 Å². The zero-order valence-electron chi connectivity index (χ0n) is 16.2. The predicted molar refractivity (Wildman–Crippen MR) is 110 cm³/mol. The molecule has 1 fully saturated rings. The summed E-state index contributed by atoms with van der Waals surface area (Å²) in [7, 11) is 0. The summed E-state index contributed by atoms with van der Waals surface area (Å²) in [5, 5.41) is 4.54. The summed E-state index contributed by atoms with van der Waals surface area (Å²) in [6.45, 7) is 4.30. The lowest BCUT2D eigenvalue weighted by Crippen LogP contribution is -2.48. The predicted octanol–water partition coefficient (Wildman–Crippen LogP) is 3.63. The number of halogens is 4. The molecule has 5 nitrogen and oxygen atoms in total. The number of hydrazone groups is 1. The lowest BCUT2D eigenvalue weighted by Gasteiger charge is -2.34. The minimum Gasteiger partial charge on any atom is -0.297 e. The Morgan fingerprint density at radius 3 is 2.20 bits per heavy atom. The van der Waals surface area contributed by atoms with Crippen LogP contribution in [0.1, 0.15) is 16.7 Å². The van der Waals surface area contributed by atoms with E-state index in [9.17, 15) is 18.0 Å². The summed E-state index contributed by atoms with van der Waals surface area (Å²) in [6, 6.07) is 12.3. The fourth-order valence-electron chi connectivity index (χ4n) is 3.13. The molecule has 2 aromatic carbocycles. The third kappa shape index (κ3) is 6.83. The number of nitrogens with one attached hydrogen (secondary N) is 1. The van der Waals surface area contributed by atoms with Crippen molar-refractivity contribution < 1.29 is 18.0 Å². The number of rotatable bonds is 6. The van der Waals surface area contributed by atoms with Crippen molar-refractivity contribution in [3.8, 4) is 0 Å². The molecule has 0 saturated carbocycles. The van der Waals surface area contributed by atoms with E-state index in [0.717, 1.165) is 49.9 Å². The Labute approximate surface area is 178 Å². The molecule has 1 saturated heterocycles. The molecule has 0 radical (unpaired) electrons. The first-order valence-corrected chi connectivity index (χ1v) is 9.86. The number of nitrogens with zero attached hydrogens (tertiary/aromatic N) is 3. The third-order valence-corrected chi connectivity index (χ3v) is 5.04. The van der Waals surface area contributed by atoms with Gasteiger partial charge in [-0.1, -0.05) is 35.9 Å². The van der Waals surface area contributed by atoms with Crippen LogP contribution < -0.4 is 5.43 Å². The molecular weight excluding hydrogens is 417 g/mol. The molecule has 30 heavy (non-hydrogen) atoms. The Morgan fingerprint density at radius 2 is 1.60 bits per heavy atom. The number of amides is 1. The summed E-state index contributed by atoms with van der Waals surface area (Å²) < 4.78 is 37.6. The van der Waals surface area contributed by atoms with Gasteiger partial charge in [-0.25, -0.2) is 5.43 Å². The Bertz CT molecular complexity index is 861. The zero-order chi connectivity index (χ0) is 21.6. The molecule has 0 spiro atoms. The van der Waals surface area contributed by atoms with Crippen LogP contribution in [-0.2, 0) is 17.5 Å². The average molecular weight is 439 g/mol. The summed E-state index contributed by atoms with van der Waals surface area (Å²) in [5.41, 5.74) is 3.37. The molecule has 160 valence electrons. The first-order valence-electron chi connectivity index (χ1n) is 9.48. The van der Waals surface area contributed by atoms with E-state index >= 15 is 0 Å². The van der Waals surface area contributed by atoms with Crippen LogP contribution in [0.25, 0.3) is 0 Å². The Hall–Kier alpha value is -2.42. The number of carbonyl (C=O) groups is 1. The molecule has 1 aliphatic rings. The number of hydrogen-bond acceptors (Lipinski definition) is 4. The lowest BCUT2D eigenvalue weighted by molar-refractivity contribution is -0.137. The van der Waals surface area contributed by atoms with Crippen LogP contribution in [0.3, 0.4) is 0 Å². The monoisotopic (exact) mass is 438 g/mol. The maximum atomic E-state index is 12.5. The SMILES string of the molecule is O=C(CN1CCN(Cc2ccc(Cl)cc2)CC1)N/N=C/c1ccc(C(F)(F)F)cc1. The fraction of sp³-hybridized carbons (Fsp3) is 0.333. The molecule has 1 amide bonds. The van der Waals surface area contributed by atoms with Gasteiger partial charge in [-0.2, -0.15) is 18.3 Å². The van der Waals surface area contributed by atoms with Gasteiger partial charge in [0.15, 0.2) is 0 Å². The van der Waals surface area contributed by atoms with E-state index in [1.165, 1.54) is 23.9 Å². The van der Waals surface area contributed by atoms with Gasteiger partial charge in [0.2, 0.25) is 0 Å². The van der Waals surface area contributed by atoms with Gasteiger partial charge in [0, 0.05) is 37.7 Å². The quantitative estimate of drug-likeness (QED) is 0.553. The fourth-order valence-corrected chi connectivity index (χ4v) is 3.25. The molecule has 2 aromatic rings. The molecule has 0 bridgehead atoms. The van der Waals surface area contributed by atoms with E-state index in [1.807, 2.05) is 29.2 Å². The number of hydrogen-bond donors (Lipinski definition) is 1. The maximum Gasteiger partial charge on any atom is 0.416 e. The summed E-state index contributed by atoms with van der Waals surface area (Å²) in [4.78, 5) is 16.4. The second-order valence-corrected chi connectivity index (χ2v) is 7.53. The van der Waals surface area contributed by atoms with Crippen molar-refractivity contribution in [3.05, 3.63) is 70.2 Å². The number of benzene rings is 2. The second kappa shape index (κ2) is 10.1. The van der Waals surface area contributed by atoms with E-state index in [1.54, 1.807) is 0 Å². The molecule has 1 N–H and O–H groups in total. The van der Waals surface area contributed by atoms with E-state index in [4.69, 9.17) is 11.6 Å². The van der Waals surface area contributed by atoms with Crippen molar-refractivity contribution in [2.75, 3.05) is 32.7 Å². The molecule has 0 atom stereocenters. The minimum absolute atomic E-state index is 0.221. The summed E-state index contributed by atoms with van der Waals surface area (Å²) >= 11 is 5.91. The van der Waals surface area contributed by atoms with Crippen LogP contribution in [0.15, 0.2) is 53.6 Å². The molecule has 0 aliphatic carbocycles. The highest BCUT2D eigenvalue weighted by molar-refractivity contribution is 6.30. The van der Waals surface area contributed by atoms with Crippen LogP contribution in [0.2, 0.25) is 5.02 Å². The van der Waals surface area contributed by atoms with E-state index in [-0.39, 0.29) is 12.5 Å². The molecular formula is C21H22ClF3N4O. The normalized spacial score (nSPS) is 16.1. The Morgan fingerprint density at radius 1 is 1.00 bits per heavy atom. The largest absolute Gasteiger partial charge is 0.416 e. The van der Waals surface area contributed by atoms with E-state index in [0.29, 0.717) is 5.56 Å². The second-order valence-electron chi connectivity index (χ2n) is 7.09. The summed E-state index contributed by atoms with van der Waals surface area (Å²) in [6.07, 6.45) is -3.05. The van der Waals surface area contributed by atoms with Crippen LogP contribution in [0.4, 0.5) is 13.2 Å². The molecule has 1 aliphatic heterocycles. The van der Waals surface area contributed by atoms with Gasteiger partial charge in [-0.3, -0.25) is 14.6 Å². The number of alkyl halides is 3. The van der Waals surface area contributed by atoms with Gasteiger partial charge in [0.25, 0.3) is 5.91 Å². The van der Waals surface area contributed by atoms with E-state index in [2.05, 4.69) is 15.4 Å². The summed E-state index contributed by atoms with van der Waals surface area (Å²) in [5.74, 6) is -0.260. The first kappa shape index (κ1) is 22.3. The van der Waals surface area contributed by atoms with Crippen LogP contribution >= 0.6 is 11.6 Å². The zero-order valence-corrected chi connectivity index (χ0v) is 17.0. The highest BCUT2D eigenvalue weighted by atomic mass is 35.5. The third-order valence-electron chi connectivity index (χ3n) is 4.79. The van der Waals surface area contributed by atoms with Gasteiger partial charge in [0.1, 0.15) is 0 Å². The van der Waals surface area contributed by atoms with Gasteiger partial charge in [-0.15, -0.1) is 0 Å². The molecule has 1 heterocycles. The number of piperazine rings is 1. The van der Waals surface area contributed by atoms with Gasteiger partial charge in [0.05, 0.1) is 18.3 Å². The first-order chi connectivity index (χ1) is 14.3. The minimum atomic E-state index is -4.37. The van der Waals surface area contributed by atoms with Crippen LogP contribution in [0, 0.1) is 0 Å². The number of carbonyl (C=O) groups excluding carboxylic acids is 1. The standard InChI is InChI=1S/C21H22ClF3N4O/c22-19-7-3-17(4-8-19)14-28-9-11-29(12-10-28)15-20(30)27-26-13-16-1-5-18(6-2-16)21(23,24)25/h1-8,13H,9-12,14-15H2,(H,27,30)/b26-13+. The van der Waals surface area contributed by atoms with Gasteiger partial charge < -0.3 is 0 Å². The Balaban J connectivity index is 1.38. The maximum absolute atomic E-state index is 12.5. The highest BCUT2D eigenvalue weighted by Gasteiger charge is 2.29. The molecule has 0 aromatic heterocycles. The van der Waals surface area contributed by atoms with E-state index < -0.39 is 11.7 Å². The van der Waals surface area contributed by atoms with Crippen LogP contribution in [0.5, 0.6) is 0 Å². The van der Waals surface area contributed by atoms with Crippen molar-refractivity contribution in [1.82, 2.24) is 15.2 Å². The lowest BCUT2D eigenvalue weighted by atomic mass is 10.1. The molecule has 0 unspecified atom stereocenters. The van der Waals surface area contributed by atoms with Crippen molar-refractivity contribution in [2.24, 2.45) is 5.10 Å². The topological polar surface area (TPSA) is 47.9 Å². The Kier molecular flexibility index (Phi) is 7.47. The van der Waals surface area contributed by atoms with Crippen molar-refractivity contribution in [3.63, 3.8) is 0 Å².